The molecule has 9 N–H and O–H groups in total. The number of aliphatic carboxylic acids is 1. The molecule has 0 spiro atoms. The van der Waals surface area contributed by atoms with E-state index < -0.39 is 77.2 Å². The molecule has 0 aliphatic carbocycles. The molecule has 15 nitrogen and oxygen atoms in total. The van der Waals surface area contributed by atoms with Gasteiger partial charge in [-0.1, -0.05) is 91.0 Å². The van der Waals surface area contributed by atoms with Crippen molar-refractivity contribution in [3.05, 3.63) is 213 Å². The number of benzene rings is 6. The zero-order valence-electron chi connectivity index (χ0n) is 41.7. The summed E-state index contributed by atoms with van der Waals surface area (Å²) in [7, 11) is 0. The molecule has 0 saturated heterocycles. The molecule has 1 aromatic heterocycles. The molecule has 6 aromatic carbocycles. The van der Waals surface area contributed by atoms with Gasteiger partial charge >= 0.3 is 24.5 Å². The van der Waals surface area contributed by atoms with Gasteiger partial charge in [0.2, 0.25) is 11.8 Å². The fourth-order valence-electron chi connectivity index (χ4n) is 6.80. The highest BCUT2D eigenvalue weighted by molar-refractivity contribution is 6.20. The molecular weight excluding hydrogens is 1150 g/mol. The zero-order chi connectivity index (χ0) is 60.1. The minimum Gasteiger partial charge on any atom is -0.479 e. The molecule has 0 aliphatic rings. The van der Waals surface area contributed by atoms with Crippen LogP contribution < -0.4 is 22.1 Å². The lowest BCUT2D eigenvalue weighted by atomic mass is 9.98. The van der Waals surface area contributed by atoms with E-state index in [2.05, 4.69) is 15.6 Å². The number of hydrogen-bond donors (Lipinski definition) is 8. The molecule has 3 unspecified atom stereocenters. The third kappa shape index (κ3) is 20.8. The van der Waals surface area contributed by atoms with Crippen LogP contribution in [0.15, 0.2) is 150 Å². The van der Waals surface area contributed by atoms with Crippen molar-refractivity contribution < 1.29 is 83.5 Å². The van der Waals surface area contributed by atoms with Crippen molar-refractivity contribution in [1.29, 1.82) is 0 Å². The van der Waals surface area contributed by atoms with Gasteiger partial charge < -0.3 is 24.8 Å². The monoisotopic (exact) mass is 1200 g/mol. The van der Waals surface area contributed by atoms with Gasteiger partial charge in [-0.05, 0) is 107 Å². The topological polar surface area (TPSA) is 250 Å². The van der Waals surface area contributed by atoms with Gasteiger partial charge in [-0.15, -0.1) is 45.0 Å². The molecule has 0 radical (unpaired) electrons. The summed E-state index contributed by atoms with van der Waals surface area (Å²) in [5, 5.41) is 42.7. The fraction of sp³-hybridized carbons (Fsp3) is 0.222. The highest BCUT2D eigenvalue weighted by atomic mass is 35.5. The van der Waals surface area contributed by atoms with Gasteiger partial charge in [0.15, 0.2) is 6.10 Å². The van der Waals surface area contributed by atoms with Crippen LogP contribution in [0.2, 0.25) is 0 Å². The average molecular weight is 1200 g/mol. The van der Waals surface area contributed by atoms with Crippen molar-refractivity contribution in [2.24, 2.45) is 5.84 Å². The van der Waals surface area contributed by atoms with E-state index in [1.807, 2.05) is 23.0 Å². The van der Waals surface area contributed by atoms with Crippen LogP contribution >= 0.6 is 34.8 Å². The highest BCUT2D eigenvalue weighted by Gasteiger charge is 2.32. The molecule has 3 amide bonds. The van der Waals surface area contributed by atoms with Crippen LogP contribution in [-0.4, -0.2) is 84.2 Å². The SMILES string of the molecule is NNC(=O)c1ccccc1Cc1ccc(C(F)(F)F)cc1.O=C(NNC(=O)C(O)CCl)c1ccccc1Cc1ccc(C(F)(F)F)cc1.O=C(O)C(O)CCl.OC(CCl)c1nnc(-c2ccccc2Cc2ccc(C(F)(F)F)cc2)o1. The van der Waals surface area contributed by atoms with Gasteiger partial charge in [-0.25, -0.2) is 10.6 Å². The summed E-state index contributed by atoms with van der Waals surface area (Å²) in [5.41, 5.74) is 9.45. The number of rotatable bonds is 15. The number of nitrogens with two attached hydrogens (primary N) is 1. The third-order valence-corrected chi connectivity index (χ3v) is 11.9. The smallest absolute Gasteiger partial charge is 0.416 e. The first-order valence-electron chi connectivity index (χ1n) is 23.3. The lowest BCUT2D eigenvalue weighted by Crippen LogP contribution is -2.47. The molecule has 3 atom stereocenters. The van der Waals surface area contributed by atoms with Gasteiger partial charge in [-0.3, -0.25) is 30.7 Å². The minimum atomic E-state index is -4.41. The number of carboxylic acid groups (broad SMARTS) is 1. The summed E-state index contributed by atoms with van der Waals surface area (Å²) in [4.78, 5) is 44.9. The zero-order valence-corrected chi connectivity index (χ0v) is 43.9. The van der Waals surface area contributed by atoms with E-state index >= 15 is 0 Å². The normalized spacial score (nSPS) is 12.3. The fourth-order valence-corrected chi connectivity index (χ4v) is 7.20. The highest BCUT2D eigenvalue weighted by Crippen LogP contribution is 2.33. The first-order chi connectivity index (χ1) is 38.2. The lowest BCUT2D eigenvalue weighted by Gasteiger charge is -2.13. The summed E-state index contributed by atoms with van der Waals surface area (Å²) in [6, 6.07) is 35.0. The number of aromatic nitrogens is 2. The maximum absolute atomic E-state index is 12.7. The van der Waals surface area contributed by atoms with E-state index in [1.54, 1.807) is 54.6 Å². The van der Waals surface area contributed by atoms with E-state index in [1.165, 1.54) is 42.5 Å². The molecule has 27 heteroatoms. The molecule has 7 aromatic rings. The van der Waals surface area contributed by atoms with E-state index in [-0.39, 0.29) is 41.4 Å². The Kier molecular flexibility index (Phi) is 25.1. The van der Waals surface area contributed by atoms with Crippen LogP contribution in [0.1, 0.15) is 82.8 Å². The molecule has 0 aliphatic heterocycles. The lowest BCUT2D eigenvalue weighted by molar-refractivity contribution is -0.145. The Bertz CT molecular complexity index is 3150. The van der Waals surface area contributed by atoms with E-state index in [4.69, 9.17) is 55.3 Å². The Morgan fingerprint density at radius 2 is 0.889 bits per heavy atom. The van der Waals surface area contributed by atoms with Crippen molar-refractivity contribution >= 4 is 58.5 Å². The van der Waals surface area contributed by atoms with Gasteiger partial charge in [0.1, 0.15) is 12.2 Å². The number of aliphatic hydroxyl groups excluding tert-OH is 3. The maximum Gasteiger partial charge on any atom is 0.416 e. The Balaban J connectivity index is 0.000000248. The number of nitrogens with one attached hydrogen (secondary N) is 3. The molecule has 7 rings (SSSR count). The van der Waals surface area contributed by atoms with E-state index in [0.29, 0.717) is 51.8 Å². The van der Waals surface area contributed by atoms with Crippen LogP contribution in [0.4, 0.5) is 39.5 Å². The van der Waals surface area contributed by atoms with Gasteiger partial charge in [0.05, 0.1) is 34.3 Å². The number of alkyl halides is 12. The maximum atomic E-state index is 12.7. The quantitative estimate of drug-likeness (QED) is 0.0157. The minimum absolute atomic E-state index is 0.0133. The molecular formula is C54H48Cl3F9N6O9. The van der Waals surface area contributed by atoms with Crippen molar-refractivity contribution in [1.82, 2.24) is 26.5 Å². The summed E-state index contributed by atoms with van der Waals surface area (Å²) >= 11 is 15.8. The first kappa shape index (κ1) is 65.9. The van der Waals surface area contributed by atoms with E-state index in [0.717, 1.165) is 42.0 Å². The van der Waals surface area contributed by atoms with Gasteiger partial charge in [0, 0.05) is 16.7 Å². The Hall–Kier alpha value is -7.58. The van der Waals surface area contributed by atoms with Crippen LogP contribution in [0.3, 0.4) is 0 Å². The molecule has 0 fully saturated rings. The summed E-state index contributed by atoms with van der Waals surface area (Å²) in [5.74, 6) is 1.47. The van der Waals surface area contributed by atoms with Crippen LogP contribution in [-0.2, 0) is 47.4 Å². The Morgan fingerprint density at radius 3 is 1.26 bits per heavy atom. The number of nitrogens with zero attached hydrogens (tertiary/aromatic N) is 2. The van der Waals surface area contributed by atoms with Crippen molar-refractivity contribution in [3.63, 3.8) is 0 Å². The Labute approximate surface area is 470 Å². The van der Waals surface area contributed by atoms with Gasteiger partial charge in [-0.2, -0.15) is 39.5 Å². The predicted molar refractivity (Wildman–Crippen MR) is 279 cm³/mol. The number of carbonyl (C=O) groups is 4. The third-order valence-electron chi connectivity index (χ3n) is 11.0. The number of carbonyl (C=O) groups excluding carboxylic acids is 3. The van der Waals surface area contributed by atoms with Crippen molar-refractivity contribution in [2.75, 3.05) is 17.6 Å². The number of aliphatic hydroxyl groups is 3. The second-order valence-electron chi connectivity index (χ2n) is 16.8. The van der Waals surface area contributed by atoms with Crippen LogP contribution in [0.25, 0.3) is 11.5 Å². The molecule has 0 saturated carbocycles. The van der Waals surface area contributed by atoms with Crippen LogP contribution in [0.5, 0.6) is 0 Å². The number of amides is 3. The second kappa shape index (κ2) is 30.9. The average Bonchev–Trinajstić information content (AvgIpc) is 3.95. The number of carboxylic acids is 1. The van der Waals surface area contributed by atoms with Gasteiger partial charge in [0.25, 0.3) is 17.7 Å². The van der Waals surface area contributed by atoms with Crippen molar-refractivity contribution in [2.45, 2.75) is 56.1 Å². The molecule has 432 valence electrons. The summed E-state index contributed by atoms with van der Waals surface area (Å²) in [6.07, 6.45) is -16.1. The van der Waals surface area contributed by atoms with Crippen LogP contribution in [0, 0.1) is 0 Å². The summed E-state index contributed by atoms with van der Waals surface area (Å²) in [6.45, 7) is 0. The number of nitrogen functional groups attached to an aromatic ring is 1. The van der Waals surface area contributed by atoms with E-state index in [9.17, 15) is 68.9 Å². The standard InChI is InChI=1S/C18H16ClF3N2O3.C18H14ClF3N2O2.C15H13F3N2O.C3H5ClO3/c19-10-15(25)17(27)24-23-16(26)14-4-2-1-3-12(14)9-11-5-7-13(8-6-11)18(20,21)22;19-10-15(25)17-24-23-16(26-17)14-4-2-1-3-12(14)9-11-5-7-13(8-6-11)18(20,21)22;16-15(17,18)12-7-5-10(6-8-12)9-11-3-1-2-4-13(11)14(21)20-19;4-1-2(5)3(6)7/h1-8,15,25H,9-10H2,(H,23,26)(H,24,27);1-8,15,25H,9-10H2;1-8H,9,19H2,(H,20,21);2,5H,1H2,(H,6,7). The second-order valence-corrected chi connectivity index (χ2v) is 17.7. The first-order valence-corrected chi connectivity index (χ1v) is 24.9. The molecule has 1 heterocycles. The molecule has 0 bridgehead atoms. The largest absolute Gasteiger partial charge is 0.479 e. The number of hydrazine groups is 2. The summed E-state index contributed by atoms with van der Waals surface area (Å²) < 4.78 is 119. The Morgan fingerprint density at radius 1 is 0.506 bits per heavy atom. The number of halogens is 12. The number of hydrogen-bond acceptors (Lipinski definition) is 11. The van der Waals surface area contributed by atoms with Crippen molar-refractivity contribution in [3.8, 4) is 11.5 Å². The molecule has 81 heavy (non-hydrogen) atoms. The predicted octanol–water partition coefficient (Wildman–Crippen LogP) is 9.85.